The first-order valence-electron chi connectivity index (χ1n) is 6.45. The summed E-state index contributed by atoms with van der Waals surface area (Å²) in [5, 5.41) is 18.4. The van der Waals surface area contributed by atoms with Crippen molar-refractivity contribution in [3.8, 4) is 23.7 Å². The van der Waals surface area contributed by atoms with Gasteiger partial charge < -0.3 is 10.2 Å². The molecule has 2 rings (SSSR count). The Balaban J connectivity index is 2.28. The molecule has 0 amide bonds. The molecule has 0 aliphatic heterocycles. The molecule has 2 N–H and O–H groups in total. The first kappa shape index (κ1) is 17.4. The van der Waals surface area contributed by atoms with Gasteiger partial charge in [-0.15, -0.1) is 0 Å². The second kappa shape index (κ2) is 7.57. The van der Waals surface area contributed by atoms with E-state index in [4.69, 9.17) is 33.4 Å². The van der Waals surface area contributed by atoms with Crippen molar-refractivity contribution in [2.75, 3.05) is 0 Å². The Morgan fingerprint density at radius 2 is 1.08 bits per heavy atom. The minimum absolute atomic E-state index is 0.0284. The summed E-state index contributed by atoms with van der Waals surface area (Å²) in [6, 6.07) is 8.44. The van der Waals surface area contributed by atoms with Crippen LogP contribution in [0.1, 0.15) is 31.8 Å². The normalized spacial score (nSPS) is 9.25. The topological polar surface area (TPSA) is 74.6 Å². The van der Waals surface area contributed by atoms with Crippen LogP contribution in [0.3, 0.4) is 0 Å². The lowest BCUT2D eigenvalue weighted by Crippen LogP contribution is -1.96. The summed E-state index contributed by atoms with van der Waals surface area (Å²) in [6.45, 7) is 0. The molecule has 0 heterocycles. The largest absolute Gasteiger partial charge is 0.478 e. The van der Waals surface area contributed by atoms with Gasteiger partial charge in [-0.05, 0) is 48.2 Å². The Hall–Kier alpha value is -2.92. The first-order chi connectivity index (χ1) is 11.3. The van der Waals surface area contributed by atoms with Crippen molar-refractivity contribution in [1.29, 1.82) is 0 Å². The van der Waals surface area contributed by atoms with E-state index in [1.807, 2.05) is 0 Å². The van der Waals surface area contributed by atoms with Crippen LogP contribution in [-0.2, 0) is 0 Å². The van der Waals surface area contributed by atoms with E-state index < -0.39 is 11.9 Å². The van der Waals surface area contributed by atoms with Crippen LogP contribution in [0.25, 0.3) is 0 Å². The van der Waals surface area contributed by atoms with Crippen LogP contribution >= 0.6 is 23.2 Å². The van der Waals surface area contributed by atoms with Gasteiger partial charge in [-0.1, -0.05) is 35.0 Å². The van der Waals surface area contributed by atoms with Crippen molar-refractivity contribution in [2.45, 2.75) is 0 Å². The molecule has 118 valence electrons. The maximum absolute atomic E-state index is 10.9. The van der Waals surface area contributed by atoms with E-state index in [2.05, 4.69) is 23.7 Å². The Labute approximate surface area is 147 Å². The summed E-state index contributed by atoms with van der Waals surface area (Å²) in [6.07, 6.45) is 0. The molecule has 2 aromatic rings. The lowest BCUT2D eigenvalue weighted by atomic mass is 10.1. The number of benzene rings is 2. The van der Waals surface area contributed by atoms with Gasteiger partial charge in [0, 0.05) is 21.2 Å². The van der Waals surface area contributed by atoms with Gasteiger partial charge in [0.25, 0.3) is 0 Å². The maximum Gasteiger partial charge on any atom is 0.335 e. The number of carbonyl (C=O) groups is 2. The molecule has 4 nitrogen and oxygen atoms in total. The van der Waals surface area contributed by atoms with Crippen molar-refractivity contribution in [3.63, 3.8) is 0 Å². The molecular formula is C18H8Cl2O4. The highest BCUT2D eigenvalue weighted by Gasteiger charge is 2.05. The minimum Gasteiger partial charge on any atom is -0.478 e. The quantitative estimate of drug-likeness (QED) is 0.800. The van der Waals surface area contributed by atoms with Gasteiger partial charge >= 0.3 is 11.9 Å². The highest BCUT2D eigenvalue weighted by molar-refractivity contribution is 6.31. The highest BCUT2D eigenvalue weighted by Crippen LogP contribution is 2.15. The van der Waals surface area contributed by atoms with Crippen LogP contribution in [-0.4, -0.2) is 22.2 Å². The summed E-state index contributed by atoms with van der Waals surface area (Å²) < 4.78 is 0. The molecule has 0 bridgehead atoms. The zero-order chi connectivity index (χ0) is 17.7. The fraction of sp³-hybridized carbons (Fsp3) is 0. The van der Waals surface area contributed by atoms with E-state index in [0.29, 0.717) is 11.1 Å². The summed E-state index contributed by atoms with van der Waals surface area (Å²) in [7, 11) is 0. The smallest absolute Gasteiger partial charge is 0.335 e. The summed E-state index contributed by atoms with van der Waals surface area (Å²) in [5.74, 6) is 8.27. The van der Waals surface area contributed by atoms with Crippen molar-refractivity contribution in [1.82, 2.24) is 0 Å². The average Bonchev–Trinajstić information content (AvgIpc) is 2.50. The van der Waals surface area contributed by atoms with Gasteiger partial charge in [-0.25, -0.2) is 9.59 Å². The number of carboxylic acids is 2. The van der Waals surface area contributed by atoms with E-state index in [9.17, 15) is 9.59 Å². The molecule has 0 saturated carbocycles. The van der Waals surface area contributed by atoms with Gasteiger partial charge in [0.1, 0.15) is 0 Å². The van der Waals surface area contributed by atoms with Gasteiger partial charge in [0.05, 0.1) is 11.1 Å². The van der Waals surface area contributed by atoms with Crippen LogP contribution < -0.4 is 0 Å². The minimum atomic E-state index is -1.10. The molecular weight excluding hydrogens is 351 g/mol. The third-order valence-electron chi connectivity index (χ3n) is 2.77. The number of hydrogen-bond acceptors (Lipinski definition) is 2. The Kier molecular flexibility index (Phi) is 5.50. The molecule has 0 spiro atoms. The molecule has 0 atom stereocenters. The zero-order valence-corrected chi connectivity index (χ0v) is 13.4. The van der Waals surface area contributed by atoms with Crippen molar-refractivity contribution >= 4 is 35.1 Å². The predicted octanol–water partition coefficient (Wildman–Crippen LogP) is 3.79. The van der Waals surface area contributed by atoms with Gasteiger partial charge in [0.15, 0.2) is 0 Å². The van der Waals surface area contributed by atoms with Gasteiger partial charge in [-0.3, -0.25) is 0 Å². The van der Waals surface area contributed by atoms with Crippen molar-refractivity contribution < 1.29 is 19.8 Å². The lowest BCUT2D eigenvalue weighted by molar-refractivity contribution is 0.0686. The fourth-order valence-corrected chi connectivity index (χ4v) is 2.25. The average molecular weight is 359 g/mol. The number of aromatic carboxylic acids is 2. The van der Waals surface area contributed by atoms with Crippen molar-refractivity contribution in [3.05, 3.63) is 68.7 Å². The third kappa shape index (κ3) is 4.79. The monoisotopic (exact) mass is 358 g/mol. The molecule has 0 aromatic heterocycles. The zero-order valence-electron chi connectivity index (χ0n) is 11.9. The molecule has 0 aliphatic carbocycles. The van der Waals surface area contributed by atoms with Crippen LogP contribution in [0.15, 0.2) is 36.4 Å². The lowest BCUT2D eigenvalue weighted by Gasteiger charge is -1.97. The molecule has 0 aliphatic rings. The number of carboxylic acid groups (broad SMARTS) is 2. The summed E-state index contributed by atoms with van der Waals surface area (Å²) in [5.41, 5.74) is 0.874. The van der Waals surface area contributed by atoms with Gasteiger partial charge in [0.2, 0.25) is 0 Å². The summed E-state index contributed by atoms with van der Waals surface area (Å²) in [4.78, 5) is 21.9. The van der Waals surface area contributed by atoms with Crippen LogP contribution in [0.4, 0.5) is 0 Å². The second-order valence-corrected chi connectivity index (χ2v) is 5.44. The van der Waals surface area contributed by atoms with Crippen LogP contribution in [0.2, 0.25) is 10.0 Å². The standard InChI is InChI=1S/C18H8Cl2O4/c19-15-7-11(5-13(9-15)17(21)22)3-1-2-4-12-6-14(18(23)24)10-16(20)8-12/h5-10H,(H,21,22)(H,23,24). The van der Waals surface area contributed by atoms with Crippen LogP contribution in [0.5, 0.6) is 0 Å². The van der Waals surface area contributed by atoms with E-state index in [0.717, 1.165) is 0 Å². The van der Waals surface area contributed by atoms with E-state index in [1.165, 1.54) is 36.4 Å². The number of halogens is 2. The first-order valence-corrected chi connectivity index (χ1v) is 7.20. The Morgan fingerprint density at radius 3 is 1.42 bits per heavy atom. The second-order valence-electron chi connectivity index (χ2n) is 4.57. The Bertz CT molecular complexity index is 877. The van der Waals surface area contributed by atoms with Crippen molar-refractivity contribution in [2.24, 2.45) is 0 Å². The van der Waals surface area contributed by atoms with E-state index >= 15 is 0 Å². The molecule has 0 saturated heterocycles. The SMILES string of the molecule is O=C(O)c1cc(Cl)cc(C#CC#Cc2cc(Cl)cc(C(=O)O)c2)c1. The number of rotatable bonds is 2. The molecule has 0 fully saturated rings. The Morgan fingerprint density at radius 1 is 0.708 bits per heavy atom. The molecule has 0 unspecified atom stereocenters. The molecule has 0 radical (unpaired) electrons. The van der Waals surface area contributed by atoms with E-state index in [-0.39, 0.29) is 21.2 Å². The third-order valence-corrected chi connectivity index (χ3v) is 3.20. The molecule has 24 heavy (non-hydrogen) atoms. The van der Waals surface area contributed by atoms with Crippen LogP contribution in [0, 0.1) is 23.7 Å². The summed E-state index contributed by atoms with van der Waals surface area (Å²) >= 11 is 11.7. The molecule has 2 aromatic carbocycles. The maximum atomic E-state index is 10.9. The predicted molar refractivity (Wildman–Crippen MR) is 90.6 cm³/mol. The van der Waals surface area contributed by atoms with Gasteiger partial charge in [-0.2, -0.15) is 0 Å². The highest BCUT2D eigenvalue weighted by atomic mass is 35.5. The molecule has 6 heteroatoms. The number of hydrogen-bond donors (Lipinski definition) is 2. The van der Waals surface area contributed by atoms with E-state index in [1.54, 1.807) is 0 Å². The fourth-order valence-electron chi connectivity index (χ4n) is 1.78.